The Morgan fingerprint density at radius 1 is 1.04 bits per heavy atom. The van der Waals surface area contributed by atoms with E-state index in [0.29, 0.717) is 22.0 Å². The molecule has 8 heteroatoms. The highest BCUT2D eigenvalue weighted by Crippen LogP contribution is 2.29. The van der Waals surface area contributed by atoms with E-state index in [9.17, 15) is 22.8 Å². The molecule has 132 valence electrons. The maximum atomic E-state index is 12.5. The summed E-state index contributed by atoms with van der Waals surface area (Å²) < 4.78 is 37.5. The first-order valence-corrected chi connectivity index (χ1v) is 7.56. The monoisotopic (exact) mass is 370 g/mol. The van der Waals surface area contributed by atoms with Crippen LogP contribution in [0, 0.1) is 0 Å². The molecular weight excluding hydrogens is 357 g/mol. The topological polar surface area (TPSA) is 58.2 Å². The molecule has 0 radical (unpaired) electrons. The Hall–Kier alpha value is -2.54. The SMILES string of the molecule is CC(=O)Nc1cc(NC(=O)Cc2ccc(C(F)(F)F)cc2)ccc1Cl. The van der Waals surface area contributed by atoms with Crippen LogP contribution < -0.4 is 10.6 Å². The van der Waals surface area contributed by atoms with Crippen LogP contribution in [0.5, 0.6) is 0 Å². The fraction of sp³-hybridized carbons (Fsp3) is 0.176. The van der Waals surface area contributed by atoms with E-state index in [1.807, 2.05) is 0 Å². The van der Waals surface area contributed by atoms with Crippen molar-refractivity contribution in [2.45, 2.75) is 19.5 Å². The number of benzene rings is 2. The molecule has 25 heavy (non-hydrogen) atoms. The van der Waals surface area contributed by atoms with Crippen molar-refractivity contribution in [3.05, 3.63) is 58.6 Å². The average molecular weight is 371 g/mol. The summed E-state index contributed by atoms with van der Waals surface area (Å²) in [6, 6.07) is 8.94. The maximum absolute atomic E-state index is 12.5. The zero-order valence-electron chi connectivity index (χ0n) is 13.1. The first-order chi connectivity index (χ1) is 11.6. The maximum Gasteiger partial charge on any atom is 0.416 e. The van der Waals surface area contributed by atoms with E-state index in [-0.39, 0.29) is 12.3 Å². The standard InChI is InChI=1S/C17H14ClF3N2O2/c1-10(24)22-15-9-13(6-7-14(15)18)23-16(25)8-11-2-4-12(5-3-11)17(19,20)21/h2-7,9H,8H2,1H3,(H,22,24)(H,23,25). The van der Waals surface area contributed by atoms with Gasteiger partial charge >= 0.3 is 6.18 Å². The van der Waals surface area contributed by atoms with Gasteiger partial charge in [0.2, 0.25) is 11.8 Å². The number of hydrogen-bond acceptors (Lipinski definition) is 2. The van der Waals surface area contributed by atoms with Crippen LogP contribution in [0.4, 0.5) is 24.5 Å². The first-order valence-electron chi connectivity index (χ1n) is 7.18. The normalized spacial score (nSPS) is 11.1. The van der Waals surface area contributed by atoms with Gasteiger partial charge in [0.1, 0.15) is 0 Å². The molecule has 0 bridgehead atoms. The lowest BCUT2D eigenvalue weighted by Crippen LogP contribution is -2.15. The number of halogens is 4. The van der Waals surface area contributed by atoms with E-state index in [1.165, 1.54) is 31.2 Å². The summed E-state index contributed by atoms with van der Waals surface area (Å²) in [6.07, 6.45) is -4.50. The molecule has 0 aromatic heterocycles. The van der Waals surface area contributed by atoms with Gasteiger partial charge in [-0.2, -0.15) is 13.2 Å². The van der Waals surface area contributed by atoms with E-state index >= 15 is 0 Å². The molecule has 4 nitrogen and oxygen atoms in total. The summed E-state index contributed by atoms with van der Waals surface area (Å²) in [5, 5.41) is 5.45. The van der Waals surface area contributed by atoms with Crippen LogP contribution in [0.25, 0.3) is 0 Å². The lowest BCUT2D eigenvalue weighted by Gasteiger charge is -2.10. The van der Waals surface area contributed by atoms with E-state index < -0.39 is 17.6 Å². The number of amides is 2. The highest BCUT2D eigenvalue weighted by Gasteiger charge is 2.29. The molecular formula is C17H14ClF3N2O2. The minimum Gasteiger partial charge on any atom is -0.326 e. The zero-order valence-corrected chi connectivity index (χ0v) is 13.8. The Morgan fingerprint density at radius 2 is 1.68 bits per heavy atom. The van der Waals surface area contributed by atoms with Crippen molar-refractivity contribution >= 4 is 34.8 Å². The Morgan fingerprint density at radius 3 is 2.24 bits per heavy atom. The van der Waals surface area contributed by atoms with Crippen LogP contribution in [0.15, 0.2) is 42.5 Å². The van der Waals surface area contributed by atoms with Gasteiger partial charge < -0.3 is 10.6 Å². The number of carbonyl (C=O) groups is 2. The molecule has 0 saturated heterocycles. The summed E-state index contributed by atoms with van der Waals surface area (Å²) in [5.74, 6) is -0.717. The van der Waals surface area contributed by atoms with Crippen molar-refractivity contribution in [3.63, 3.8) is 0 Å². The van der Waals surface area contributed by atoms with Crippen molar-refractivity contribution in [2.24, 2.45) is 0 Å². The lowest BCUT2D eigenvalue weighted by molar-refractivity contribution is -0.137. The third kappa shape index (κ3) is 5.49. The number of anilines is 2. The largest absolute Gasteiger partial charge is 0.416 e. The molecule has 0 spiro atoms. The van der Waals surface area contributed by atoms with Crippen molar-refractivity contribution in [2.75, 3.05) is 10.6 Å². The predicted molar refractivity (Wildman–Crippen MR) is 89.5 cm³/mol. The molecule has 0 aliphatic carbocycles. The molecule has 0 aliphatic rings. The molecule has 0 heterocycles. The summed E-state index contributed by atoms with van der Waals surface area (Å²) in [7, 11) is 0. The van der Waals surface area contributed by atoms with Crippen LogP contribution in [-0.2, 0) is 22.2 Å². The molecule has 2 rings (SSSR count). The number of nitrogens with one attached hydrogen (secondary N) is 2. The van der Waals surface area contributed by atoms with E-state index in [0.717, 1.165) is 12.1 Å². The van der Waals surface area contributed by atoms with Crippen LogP contribution in [-0.4, -0.2) is 11.8 Å². The van der Waals surface area contributed by atoms with Crippen molar-refractivity contribution in [3.8, 4) is 0 Å². The Balaban J connectivity index is 2.04. The van der Waals surface area contributed by atoms with Gasteiger partial charge in [0.25, 0.3) is 0 Å². The number of hydrogen-bond donors (Lipinski definition) is 2. The van der Waals surface area contributed by atoms with E-state index in [4.69, 9.17) is 11.6 Å². The summed E-state index contributed by atoms with van der Waals surface area (Å²) in [6.45, 7) is 1.33. The zero-order chi connectivity index (χ0) is 18.6. The number of alkyl halides is 3. The molecule has 2 amide bonds. The quantitative estimate of drug-likeness (QED) is 0.832. The van der Waals surface area contributed by atoms with Gasteiger partial charge in [-0.05, 0) is 35.9 Å². The highest BCUT2D eigenvalue weighted by atomic mass is 35.5. The van der Waals surface area contributed by atoms with E-state index in [1.54, 1.807) is 6.07 Å². The van der Waals surface area contributed by atoms with Gasteiger partial charge in [0.05, 0.1) is 22.7 Å². The fourth-order valence-corrected chi connectivity index (χ4v) is 2.26. The van der Waals surface area contributed by atoms with Gasteiger partial charge in [-0.1, -0.05) is 23.7 Å². The molecule has 0 saturated carbocycles. The lowest BCUT2D eigenvalue weighted by atomic mass is 10.1. The van der Waals surface area contributed by atoms with Crippen molar-refractivity contribution in [1.29, 1.82) is 0 Å². The second kappa shape index (κ2) is 7.57. The molecule has 2 N–H and O–H groups in total. The van der Waals surface area contributed by atoms with Gasteiger partial charge in [0, 0.05) is 12.6 Å². The van der Waals surface area contributed by atoms with Crippen molar-refractivity contribution in [1.82, 2.24) is 0 Å². The number of rotatable bonds is 4. The second-order valence-corrected chi connectivity index (χ2v) is 5.70. The number of carbonyl (C=O) groups excluding carboxylic acids is 2. The Bertz CT molecular complexity index is 789. The minimum absolute atomic E-state index is 0.0871. The molecule has 0 atom stereocenters. The molecule has 0 aliphatic heterocycles. The summed E-state index contributed by atoms with van der Waals surface area (Å²) >= 11 is 5.94. The summed E-state index contributed by atoms with van der Waals surface area (Å²) in [4.78, 5) is 23.1. The van der Waals surface area contributed by atoms with Crippen LogP contribution >= 0.6 is 11.6 Å². The van der Waals surface area contributed by atoms with Crippen LogP contribution in [0.3, 0.4) is 0 Å². The average Bonchev–Trinajstić information content (AvgIpc) is 2.49. The Kier molecular flexibility index (Phi) is 5.69. The Labute approximate surface area is 147 Å². The highest BCUT2D eigenvalue weighted by molar-refractivity contribution is 6.33. The van der Waals surface area contributed by atoms with Gasteiger partial charge in [-0.3, -0.25) is 9.59 Å². The molecule has 0 unspecified atom stereocenters. The van der Waals surface area contributed by atoms with Crippen LogP contribution in [0.1, 0.15) is 18.1 Å². The molecule has 2 aromatic rings. The van der Waals surface area contributed by atoms with Gasteiger partial charge in [0.15, 0.2) is 0 Å². The molecule has 0 fully saturated rings. The fourth-order valence-electron chi connectivity index (χ4n) is 2.09. The third-order valence-electron chi connectivity index (χ3n) is 3.21. The predicted octanol–water partition coefficient (Wildman–Crippen LogP) is 4.50. The summed E-state index contributed by atoms with van der Waals surface area (Å²) in [5.41, 5.74) is 0.433. The van der Waals surface area contributed by atoms with Gasteiger partial charge in [-0.25, -0.2) is 0 Å². The van der Waals surface area contributed by atoms with E-state index in [2.05, 4.69) is 10.6 Å². The third-order valence-corrected chi connectivity index (χ3v) is 3.54. The first kappa shape index (κ1) is 18.8. The van der Waals surface area contributed by atoms with Crippen molar-refractivity contribution < 1.29 is 22.8 Å². The van der Waals surface area contributed by atoms with Crippen LogP contribution in [0.2, 0.25) is 5.02 Å². The van der Waals surface area contributed by atoms with Gasteiger partial charge in [-0.15, -0.1) is 0 Å². The molecule has 2 aromatic carbocycles. The smallest absolute Gasteiger partial charge is 0.326 e. The second-order valence-electron chi connectivity index (χ2n) is 5.30. The minimum atomic E-state index is -4.41.